The summed E-state index contributed by atoms with van der Waals surface area (Å²) in [6.45, 7) is 3.33. The second-order valence-corrected chi connectivity index (χ2v) is 3.21. The maximum absolute atomic E-state index is 11.2. The number of likely N-dealkylation sites (N-methyl/N-ethyl adjacent to an activating group) is 1. The quantitative estimate of drug-likeness (QED) is 0.642. The molecule has 0 aliphatic carbocycles. The molecule has 0 aliphatic heterocycles. The maximum Gasteiger partial charge on any atom is 0.242 e. The first-order valence-corrected chi connectivity index (χ1v) is 4.64. The van der Waals surface area contributed by atoms with Crippen LogP contribution in [0.2, 0.25) is 0 Å². The number of alkyl halides is 1. The molecular formula is C8H15ClN2O2. The number of halogens is 1. The highest BCUT2D eigenvalue weighted by Crippen LogP contribution is 1.98. The summed E-state index contributed by atoms with van der Waals surface area (Å²) in [7, 11) is 1.52. The highest BCUT2D eigenvalue weighted by atomic mass is 35.5. The van der Waals surface area contributed by atoms with E-state index in [2.05, 4.69) is 10.6 Å². The van der Waals surface area contributed by atoms with Crippen LogP contribution in [0.3, 0.4) is 0 Å². The highest BCUT2D eigenvalue weighted by Gasteiger charge is 2.17. The fraction of sp³-hybridized carbons (Fsp3) is 0.750. The molecule has 0 saturated carbocycles. The third-order valence-electron chi connectivity index (χ3n) is 1.68. The third kappa shape index (κ3) is 4.12. The van der Waals surface area contributed by atoms with E-state index >= 15 is 0 Å². The Morgan fingerprint density at radius 3 is 2.23 bits per heavy atom. The summed E-state index contributed by atoms with van der Waals surface area (Å²) in [4.78, 5) is 22.2. The summed E-state index contributed by atoms with van der Waals surface area (Å²) in [5, 5.41) is 4.99. The van der Waals surface area contributed by atoms with Crippen molar-refractivity contribution < 1.29 is 9.59 Å². The van der Waals surface area contributed by atoms with Crippen molar-refractivity contribution in [3.05, 3.63) is 0 Å². The van der Waals surface area contributed by atoms with E-state index in [1.165, 1.54) is 7.05 Å². The fourth-order valence-electron chi connectivity index (χ4n) is 0.708. The zero-order valence-electron chi connectivity index (χ0n) is 8.06. The molecule has 0 aromatic rings. The predicted octanol–water partition coefficient (Wildman–Crippen LogP) is 0.112. The molecule has 76 valence electrons. The number of hydrogen-bond acceptors (Lipinski definition) is 2. The van der Waals surface area contributed by atoms with E-state index in [1.807, 2.05) is 0 Å². The molecule has 2 amide bonds. The fourth-order valence-corrected chi connectivity index (χ4v) is 0.848. The number of nitrogens with one attached hydrogen (secondary N) is 2. The average molecular weight is 207 g/mol. The van der Waals surface area contributed by atoms with E-state index in [-0.39, 0.29) is 23.6 Å². The molecule has 0 aromatic heterocycles. The molecule has 0 aromatic carbocycles. The Bertz CT molecular complexity index is 197. The Balaban J connectivity index is 3.98. The summed E-state index contributed by atoms with van der Waals surface area (Å²) < 4.78 is 0. The van der Waals surface area contributed by atoms with Crippen LogP contribution in [0.15, 0.2) is 0 Å². The Hall–Kier alpha value is -0.770. The van der Waals surface area contributed by atoms with Gasteiger partial charge in [-0.05, 0) is 6.92 Å². The van der Waals surface area contributed by atoms with Gasteiger partial charge in [0.2, 0.25) is 11.8 Å². The van der Waals surface area contributed by atoms with Crippen molar-refractivity contribution in [2.24, 2.45) is 5.92 Å². The minimum atomic E-state index is -0.511. The van der Waals surface area contributed by atoms with Crippen molar-refractivity contribution in [3.63, 3.8) is 0 Å². The van der Waals surface area contributed by atoms with Crippen LogP contribution in [0.5, 0.6) is 0 Å². The minimum Gasteiger partial charge on any atom is -0.357 e. The normalized spacial score (nSPS) is 14.5. The lowest BCUT2D eigenvalue weighted by Crippen LogP contribution is -2.45. The van der Waals surface area contributed by atoms with Gasteiger partial charge in [-0.2, -0.15) is 0 Å². The zero-order valence-corrected chi connectivity index (χ0v) is 8.81. The van der Waals surface area contributed by atoms with Gasteiger partial charge in [-0.3, -0.25) is 9.59 Å². The van der Waals surface area contributed by atoms with Crippen molar-refractivity contribution >= 4 is 23.4 Å². The first kappa shape index (κ1) is 12.2. The third-order valence-corrected chi connectivity index (χ3v) is 2.14. The van der Waals surface area contributed by atoms with Crippen LogP contribution in [0.4, 0.5) is 0 Å². The van der Waals surface area contributed by atoms with Gasteiger partial charge in [0.15, 0.2) is 0 Å². The standard InChI is InChI=1S/C8H15ClN2O2/c1-5(4-9)7(12)11-6(2)8(13)10-3/h5-6H,4H2,1-3H3,(H,10,13)(H,11,12). The van der Waals surface area contributed by atoms with E-state index in [0.29, 0.717) is 0 Å². The molecule has 0 radical (unpaired) electrons. The summed E-state index contributed by atoms with van der Waals surface area (Å²) in [5.74, 6) is -0.429. The van der Waals surface area contributed by atoms with E-state index in [4.69, 9.17) is 11.6 Å². The minimum absolute atomic E-state index is 0.203. The molecule has 13 heavy (non-hydrogen) atoms. The van der Waals surface area contributed by atoms with Crippen LogP contribution >= 0.6 is 11.6 Å². The Morgan fingerprint density at radius 1 is 1.31 bits per heavy atom. The Labute approximate surface area is 83.0 Å². The van der Waals surface area contributed by atoms with Crippen LogP contribution in [0, 0.1) is 5.92 Å². The van der Waals surface area contributed by atoms with Gasteiger partial charge in [0, 0.05) is 18.8 Å². The van der Waals surface area contributed by atoms with E-state index in [0.717, 1.165) is 0 Å². The number of carbonyl (C=O) groups is 2. The zero-order chi connectivity index (χ0) is 10.4. The number of amides is 2. The number of carbonyl (C=O) groups excluding carboxylic acids is 2. The molecule has 5 heteroatoms. The molecule has 0 aliphatic rings. The van der Waals surface area contributed by atoms with Crippen LogP contribution in [-0.2, 0) is 9.59 Å². The Morgan fingerprint density at radius 2 is 1.85 bits per heavy atom. The van der Waals surface area contributed by atoms with Crippen LogP contribution < -0.4 is 10.6 Å². The first-order valence-electron chi connectivity index (χ1n) is 4.10. The molecule has 0 rings (SSSR count). The molecule has 0 fully saturated rings. The van der Waals surface area contributed by atoms with Crippen molar-refractivity contribution in [3.8, 4) is 0 Å². The van der Waals surface area contributed by atoms with Gasteiger partial charge < -0.3 is 10.6 Å². The molecule has 2 N–H and O–H groups in total. The molecular weight excluding hydrogens is 192 g/mol. The van der Waals surface area contributed by atoms with Crippen LogP contribution in [0.1, 0.15) is 13.8 Å². The van der Waals surface area contributed by atoms with Gasteiger partial charge in [0.25, 0.3) is 0 Å². The molecule has 2 atom stereocenters. The second-order valence-electron chi connectivity index (χ2n) is 2.90. The summed E-state index contributed by atoms with van der Waals surface area (Å²) in [5.41, 5.74) is 0. The van der Waals surface area contributed by atoms with Gasteiger partial charge >= 0.3 is 0 Å². The van der Waals surface area contributed by atoms with E-state index < -0.39 is 6.04 Å². The monoisotopic (exact) mass is 206 g/mol. The van der Waals surface area contributed by atoms with Gasteiger partial charge in [-0.25, -0.2) is 0 Å². The smallest absolute Gasteiger partial charge is 0.242 e. The lowest BCUT2D eigenvalue weighted by atomic mass is 10.2. The first-order chi connectivity index (χ1) is 6.02. The van der Waals surface area contributed by atoms with Gasteiger partial charge in [-0.1, -0.05) is 6.92 Å². The maximum atomic E-state index is 11.2. The summed E-state index contributed by atoms with van der Waals surface area (Å²) >= 11 is 5.48. The van der Waals surface area contributed by atoms with E-state index in [9.17, 15) is 9.59 Å². The highest BCUT2D eigenvalue weighted by molar-refractivity contribution is 6.19. The molecule has 0 saturated heterocycles. The molecule has 0 heterocycles. The summed E-state index contributed by atoms with van der Waals surface area (Å²) in [6.07, 6.45) is 0. The second kappa shape index (κ2) is 5.80. The average Bonchev–Trinajstić information content (AvgIpc) is 2.14. The SMILES string of the molecule is CNC(=O)C(C)NC(=O)C(C)CCl. The van der Waals surface area contributed by atoms with Crippen LogP contribution in [0.25, 0.3) is 0 Å². The Kier molecular flexibility index (Phi) is 5.46. The lowest BCUT2D eigenvalue weighted by molar-refractivity contribution is -0.129. The molecule has 0 bridgehead atoms. The van der Waals surface area contributed by atoms with E-state index in [1.54, 1.807) is 13.8 Å². The largest absolute Gasteiger partial charge is 0.357 e. The molecule has 4 nitrogen and oxygen atoms in total. The topological polar surface area (TPSA) is 58.2 Å². The summed E-state index contributed by atoms with van der Waals surface area (Å²) in [6, 6.07) is -0.511. The number of rotatable bonds is 4. The molecule has 0 spiro atoms. The van der Waals surface area contributed by atoms with Gasteiger partial charge in [0.1, 0.15) is 6.04 Å². The van der Waals surface area contributed by atoms with Gasteiger partial charge in [0.05, 0.1) is 0 Å². The number of hydrogen-bond donors (Lipinski definition) is 2. The van der Waals surface area contributed by atoms with Gasteiger partial charge in [-0.15, -0.1) is 11.6 Å². The van der Waals surface area contributed by atoms with Crippen molar-refractivity contribution in [1.29, 1.82) is 0 Å². The van der Waals surface area contributed by atoms with Crippen molar-refractivity contribution in [1.82, 2.24) is 10.6 Å². The van der Waals surface area contributed by atoms with Crippen molar-refractivity contribution in [2.75, 3.05) is 12.9 Å². The lowest BCUT2D eigenvalue weighted by Gasteiger charge is -2.14. The molecule has 2 unspecified atom stereocenters. The van der Waals surface area contributed by atoms with Crippen LogP contribution in [-0.4, -0.2) is 30.8 Å². The van der Waals surface area contributed by atoms with Crippen molar-refractivity contribution in [2.45, 2.75) is 19.9 Å². The predicted molar refractivity (Wildman–Crippen MR) is 51.6 cm³/mol.